The third-order valence-electron chi connectivity index (χ3n) is 6.25. The van der Waals surface area contributed by atoms with Crippen LogP contribution in [0.25, 0.3) is 0 Å². The van der Waals surface area contributed by atoms with Crippen LogP contribution in [0.4, 0.5) is 4.39 Å². The van der Waals surface area contributed by atoms with Crippen LogP contribution >= 0.6 is 0 Å². The van der Waals surface area contributed by atoms with Gasteiger partial charge in [-0.05, 0) is 37.5 Å². The second-order valence-electron chi connectivity index (χ2n) is 8.68. The molecule has 0 saturated carbocycles. The van der Waals surface area contributed by atoms with Gasteiger partial charge in [0.15, 0.2) is 0 Å². The van der Waals surface area contributed by atoms with Crippen LogP contribution in [-0.2, 0) is 16.1 Å². The van der Waals surface area contributed by atoms with Crippen LogP contribution in [0.15, 0.2) is 84.9 Å². The average molecular weight is 461 g/mol. The van der Waals surface area contributed by atoms with Crippen molar-refractivity contribution in [1.82, 2.24) is 10.2 Å². The summed E-state index contributed by atoms with van der Waals surface area (Å²) in [6.45, 7) is 5.64. The SMILES string of the molecule is CC[C@@H](C)NC(=O)[C@H](C)N(Cc1ccccc1F)C(=O)CC(c1ccccc1)c1ccccc1. The number of carbonyl (C=O) groups excluding carboxylic acids is 2. The van der Waals surface area contributed by atoms with Gasteiger partial charge in [-0.3, -0.25) is 9.59 Å². The normalized spacial score (nSPS) is 12.7. The average Bonchev–Trinajstić information content (AvgIpc) is 2.87. The molecule has 0 unspecified atom stereocenters. The van der Waals surface area contributed by atoms with Crippen LogP contribution < -0.4 is 5.32 Å². The highest BCUT2D eigenvalue weighted by atomic mass is 19.1. The predicted octanol–water partition coefficient (Wildman–Crippen LogP) is 5.68. The van der Waals surface area contributed by atoms with Crippen LogP contribution in [0.2, 0.25) is 0 Å². The summed E-state index contributed by atoms with van der Waals surface area (Å²) in [5.74, 6) is -1.01. The van der Waals surface area contributed by atoms with E-state index in [1.54, 1.807) is 25.1 Å². The van der Waals surface area contributed by atoms with Gasteiger partial charge in [0.05, 0.1) is 0 Å². The number of rotatable bonds is 10. The smallest absolute Gasteiger partial charge is 0.242 e. The maximum Gasteiger partial charge on any atom is 0.242 e. The van der Waals surface area contributed by atoms with E-state index >= 15 is 0 Å². The minimum atomic E-state index is -0.742. The number of hydrogen-bond acceptors (Lipinski definition) is 2. The summed E-state index contributed by atoms with van der Waals surface area (Å²) in [7, 11) is 0. The fraction of sp³-hybridized carbons (Fsp3) is 0.310. The van der Waals surface area contributed by atoms with Crippen molar-refractivity contribution in [2.45, 2.75) is 58.2 Å². The maximum absolute atomic E-state index is 14.5. The molecule has 0 heterocycles. The first kappa shape index (κ1) is 25.2. The summed E-state index contributed by atoms with van der Waals surface area (Å²) >= 11 is 0. The van der Waals surface area contributed by atoms with Crippen LogP contribution in [-0.4, -0.2) is 28.8 Å². The number of nitrogens with one attached hydrogen (secondary N) is 1. The Morgan fingerprint density at radius 3 is 1.91 bits per heavy atom. The Bertz CT molecular complexity index is 1030. The van der Waals surface area contributed by atoms with E-state index in [1.807, 2.05) is 74.5 Å². The molecule has 0 radical (unpaired) electrons. The third kappa shape index (κ3) is 6.53. The molecule has 0 spiro atoms. The van der Waals surface area contributed by atoms with Crippen molar-refractivity contribution in [2.75, 3.05) is 0 Å². The van der Waals surface area contributed by atoms with Gasteiger partial charge in [-0.1, -0.05) is 85.8 Å². The molecule has 0 bridgehead atoms. The lowest BCUT2D eigenvalue weighted by Crippen LogP contribution is -2.49. The Morgan fingerprint density at radius 1 is 0.853 bits per heavy atom. The lowest BCUT2D eigenvalue weighted by molar-refractivity contribution is -0.141. The van der Waals surface area contributed by atoms with Crippen LogP contribution in [0.1, 0.15) is 56.2 Å². The molecule has 0 saturated heterocycles. The molecule has 0 aromatic heterocycles. The number of halogens is 1. The van der Waals surface area contributed by atoms with Crippen LogP contribution in [0.5, 0.6) is 0 Å². The van der Waals surface area contributed by atoms with Gasteiger partial charge < -0.3 is 10.2 Å². The first-order valence-corrected chi connectivity index (χ1v) is 11.8. The quantitative estimate of drug-likeness (QED) is 0.423. The molecule has 2 amide bonds. The highest BCUT2D eigenvalue weighted by Crippen LogP contribution is 2.29. The molecule has 178 valence electrons. The zero-order valence-electron chi connectivity index (χ0n) is 20.1. The zero-order valence-corrected chi connectivity index (χ0v) is 20.1. The molecule has 0 aliphatic carbocycles. The highest BCUT2D eigenvalue weighted by molar-refractivity contribution is 5.88. The van der Waals surface area contributed by atoms with Gasteiger partial charge in [0.25, 0.3) is 0 Å². The van der Waals surface area contributed by atoms with Gasteiger partial charge in [-0.25, -0.2) is 4.39 Å². The summed E-state index contributed by atoms with van der Waals surface area (Å²) in [5.41, 5.74) is 2.42. The van der Waals surface area contributed by atoms with Crippen molar-refractivity contribution in [3.05, 3.63) is 107 Å². The molecule has 3 aromatic rings. The van der Waals surface area contributed by atoms with E-state index < -0.39 is 11.9 Å². The minimum absolute atomic E-state index is 0.0123. The molecule has 0 aliphatic heterocycles. The van der Waals surface area contributed by atoms with Gasteiger partial charge in [0.1, 0.15) is 11.9 Å². The van der Waals surface area contributed by atoms with Crippen LogP contribution in [0, 0.1) is 5.82 Å². The first-order valence-electron chi connectivity index (χ1n) is 11.8. The third-order valence-corrected chi connectivity index (χ3v) is 6.25. The van der Waals surface area contributed by atoms with Crippen LogP contribution in [0.3, 0.4) is 0 Å². The Labute approximate surface area is 201 Å². The Balaban J connectivity index is 1.92. The summed E-state index contributed by atoms with van der Waals surface area (Å²) in [6, 6.07) is 25.3. The summed E-state index contributed by atoms with van der Waals surface area (Å²) < 4.78 is 14.5. The zero-order chi connectivity index (χ0) is 24.5. The topological polar surface area (TPSA) is 49.4 Å². The monoisotopic (exact) mass is 460 g/mol. The van der Waals surface area contributed by atoms with E-state index in [1.165, 1.54) is 11.0 Å². The summed E-state index contributed by atoms with van der Waals surface area (Å²) in [5, 5.41) is 2.96. The van der Waals surface area contributed by atoms with E-state index in [-0.39, 0.29) is 36.7 Å². The number of hydrogen-bond donors (Lipinski definition) is 1. The summed E-state index contributed by atoms with van der Waals surface area (Å²) in [4.78, 5) is 28.2. The Hall–Kier alpha value is -3.47. The van der Waals surface area contributed by atoms with Crippen molar-refractivity contribution in [3.63, 3.8) is 0 Å². The molecule has 1 N–H and O–H groups in total. The highest BCUT2D eigenvalue weighted by Gasteiger charge is 2.30. The van der Waals surface area contributed by atoms with Crippen molar-refractivity contribution in [2.24, 2.45) is 0 Å². The summed E-state index contributed by atoms with van der Waals surface area (Å²) in [6.07, 6.45) is 0.952. The second kappa shape index (κ2) is 12.1. The van der Waals surface area contributed by atoms with E-state index in [2.05, 4.69) is 5.32 Å². The molecule has 4 nitrogen and oxygen atoms in total. The van der Waals surface area contributed by atoms with Crippen molar-refractivity contribution < 1.29 is 14.0 Å². The Morgan fingerprint density at radius 2 is 1.38 bits per heavy atom. The number of carbonyl (C=O) groups is 2. The van der Waals surface area contributed by atoms with Crippen molar-refractivity contribution in [3.8, 4) is 0 Å². The van der Waals surface area contributed by atoms with Gasteiger partial charge in [0, 0.05) is 30.5 Å². The lowest BCUT2D eigenvalue weighted by atomic mass is 9.88. The van der Waals surface area contributed by atoms with E-state index in [4.69, 9.17) is 0 Å². The van der Waals surface area contributed by atoms with Crippen molar-refractivity contribution in [1.29, 1.82) is 0 Å². The first-order chi connectivity index (χ1) is 16.4. The molecule has 34 heavy (non-hydrogen) atoms. The lowest BCUT2D eigenvalue weighted by Gasteiger charge is -2.31. The fourth-order valence-corrected chi connectivity index (χ4v) is 3.95. The Kier molecular flexibility index (Phi) is 8.97. The maximum atomic E-state index is 14.5. The van der Waals surface area contributed by atoms with Gasteiger partial charge in [-0.2, -0.15) is 0 Å². The molecule has 2 atom stereocenters. The van der Waals surface area contributed by atoms with Gasteiger partial charge in [0.2, 0.25) is 11.8 Å². The predicted molar refractivity (Wildman–Crippen MR) is 134 cm³/mol. The molecular weight excluding hydrogens is 427 g/mol. The minimum Gasteiger partial charge on any atom is -0.352 e. The number of amides is 2. The van der Waals surface area contributed by atoms with Crippen molar-refractivity contribution >= 4 is 11.8 Å². The standard InChI is InChI=1S/C29H33FN2O2/c1-4-21(2)31-29(34)22(3)32(20-25-17-11-12-18-27(25)30)28(33)19-26(23-13-7-5-8-14-23)24-15-9-6-10-16-24/h5-18,21-22,26H,4,19-20H2,1-3H3,(H,31,34)/t21-,22+/m1/s1. The number of nitrogens with zero attached hydrogens (tertiary/aromatic N) is 1. The number of benzene rings is 3. The fourth-order valence-electron chi connectivity index (χ4n) is 3.95. The van der Waals surface area contributed by atoms with E-state index in [0.29, 0.717) is 5.56 Å². The molecule has 0 aliphatic rings. The molecular formula is C29H33FN2O2. The van der Waals surface area contributed by atoms with E-state index in [9.17, 15) is 14.0 Å². The van der Waals surface area contributed by atoms with E-state index in [0.717, 1.165) is 17.5 Å². The van der Waals surface area contributed by atoms with Gasteiger partial charge in [-0.15, -0.1) is 0 Å². The molecule has 0 fully saturated rings. The van der Waals surface area contributed by atoms with Gasteiger partial charge >= 0.3 is 0 Å². The molecule has 3 aromatic carbocycles. The molecule has 3 rings (SSSR count). The largest absolute Gasteiger partial charge is 0.352 e. The molecule has 5 heteroatoms. The second-order valence-corrected chi connectivity index (χ2v) is 8.68.